The van der Waals surface area contributed by atoms with Crippen LogP contribution in [0.2, 0.25) is 0 Å². The van der Waals surface area contributed by atoms with Gasteiger partial charge in [0.25, 0.3) is 5.78 Å². The number of amides is 1. The Morgan fingerprint density at radius 1 is 1.03 bits per heavy atom. The topological polar surface area (TPSA) is 113 Å². The van der Waals surface area contributed by atoms with Crippen LogP contribution in [0.3, 0.4) is 0 Å². The Hall–Kier alpha value is -4.29. The number of ether oxygens (including phenoxy) is 1. The van der Waals surface area contributed by atoms with Crippen LogP contribution in [-0.4, -0.2) is 39.2 Å². The number of carbonyl (C=O) groups is 2. The highest BCUT2D eigenvalue weighted by molar-refractivity contribution is 8.00. The van der Waals surface area contributed by atoms with E-state index in [1.807, 2.05) is 0 Å². The minimum atomic E-state index is -1.15. The van der Waals surface area contributed by atoms with Crippen molar-refractivity contribution in [3.05, 3.63) is 101 Å². The Kier molecular flexibility index (Phi) is 7.31. The molecular formula is C27H19F2N3O5S2. The average Bonchev–Trinajstić information content (AvgIpc) is 3.50. The number of methoxy groups -OCH3 is 1. The molecule has 5 rings (SSSR count). The van der Waals surface area contributed by atoms with Gasteiger partial charge in [-0.3, -0.25) is 14.5 Å². The molecule has 1 aliphatic rings. The van der Waals surface area contributed by atoms with Gasteiger partial charge >= 0.3 is 5.91 Å². The summed E-state index contributed by atoms with van der Waals surface area (Å²) in [7, 11) is 1.35. The maximum Gasteiger partial charge on any atom is 0.301 e. The zero-order chi connectivity index (χ0) is 27.7. The Labute approximate surface area is 229 Å². The number of phenolic OH excluding ortho intramolecular Hbond substituents is 1. The molecule has 4 aromatic rings. The van der Waals surface area contributed by atoms with Crippen LogP contribution in [-0.2, 0) is 15.3 Å². The van der Waals surface area contributed by atoms with Gasteiger partial charge in [0.2, 0.25) is 5.13 Å². The first-order valence-corrected chi connectivity index (χ1v) is 13.2. The van der Waals surface area contributed by atoms with Crippen molar-refractivity contribution in [2.75, 3.05) is 12.0 Å². The summed E-state index contributed by atoms with van der Waals surface area (Å²) in [6, 6.07) is 14.0. The highest BCUT2D eigenvalue weighted by Gasteiger charge is 2.48. The van der Waals surface area contributed by atoms with E-state index >= 15 is 0 Å². The van der Waals surface area contributed by atoms with E-state index in [-0.39, 0.29) is 33.6 Å². The second-order valence-corrected chi connectivity index (χ2v) is 10.6. The highest BCUT2D eigenvalue weighted by Crippen LogP contribution is 2.45. The summed E-state index contributed by atoms with van der Waals surface area (Å²) in [4.78, 5) is 27.7. The number of ketones is 1. The van der Waals surface area contributed by atoms with Crippen LogP contribution in [0.4, 0.5) is 13.9 Å². The van der Waals surface area contributed by atoms with Crippen molar-refractivity contribution in [3.8, 4) is 11.5 Å². The molecule has 12 heteroatoms. The largest absolute Gasteiger partial charge is 0.507 e. The van der Waals surface area contributed by atoms with Crippen LogP contribution in [0.25, 0.3) is 5.76 Å². The lowest BCUT2D eigenvalue weighted by Gasteiger charge is -2.23. The van der Waals surface area contributed by atoms with Crippen molar-refractivity contribution in [2.24, 2.45) is 0 Å². The summed E-state index contributed by atoms with van der Waals surface area (Å²) in [5, 5.41) is 29.6. The smallest absolute Gasteiger partial charge is 0.301 e. The molecule has 2 N–H and O–H groups in total. The third-order valence-corrected chi connectivity index (χ3v) is 8.09. The summed E-state index contributed by atoms with van der Waals surface area (Å²) in [5.74, 6) is -2.89. The quantitative estimate of drug-likeness (QED) is 0.0997. The zero-order valence-electron chi connectivity index (χ0n) is 20.2. The maximum atomic E-state index is 13.5. The van der Waals surface area contributed by atoms with Crippen molar-refractivity contribution in [1.82, 2.24) is 10.2 Å². The van der Waals surface area contributed by atoms with Crippen LogP contribution in [0.5, 0.6) is 11.5 Å². The van der Waals surface area contributed by atoms with Gasteiger partial charge in [0.1, 0.15) is 17.4 Å². The maximum absolute atomic E-state index is 13.5. The number of aromatic nitrogens is 2. The Morgan fingerprint density at radius 2 is 1.69 bits per heavy atom. The van der Waals surface area contributed by atoms with E-state index in [1.54, 1.807) is 12.1 Å². The van der Waals surface area contributed by atoms with Gasteiger partial charge in [0, 0.05) is 11.3 Å². The first kappa shape index (κ1) is 26.3. The third-order valence-electron chi connectivity index (χ3n) is 5.96. The fourth-order valence-corrected chi connectivity index (χ4v) is 5.88. The summed E-state index contributed by atoms with van der Waals surface area (Å²) in [6.07, 6.45) is 0. The number of hydrogen-bond donors (Lipinski definition) is 2. The van der Waals surface area contributed by atoms with Crippen LogP contribution in [0.15, 0.2) is 76.6 Å². The number of carbonyl (C=O) groups excluding carboxylic acids is 2. The van der Waals surface area contributed by atoms with Gasteiger partial charge in [0.15, 0.2) is 15.8 Å². The molecule has 1 amide bonds. The zero-order valence-corrected chi connectivity index (χ0v) is 21.8. The van der Waals surface area contributed by atoms with E-state index in [2.05, 4.69) is 10.2 Å². The van der Waals surface area contributed by atoms with Crippen molar-refractivity contribution in [2.45, 2.75) is 16.1 Å². The molecule has 39 heavy (non-hydrogen) atoms. The van der Waals surface area contributed by atoms with Crippen molar-refractivity contribution in [1.29, 1.82) is 0 Å². The number of halogens is 2. The molecule has 1 unspecified atom stereocenters. The van der Waals surface area contributed by atoms with Crippen LogP contribution in [0, 0.1) is 11.6 Å². The minimum Gasteiger partial charge on any atom is -0.507 e. The third kappa shape index (κ3) is 5.20. The average molecular weight is 568 g/mol. The second kappa shape index (κ2) is 10.8. The molecule has 1 saturated heterocycles. The lowest BCUT2D eigenvalue weighted by molar-refractivity contribution is -0.132. The van der Waals surface area contributed by atoms with Crippen LogP contribution >= 0.6 is 23.1 Å². The molecule has 0 aliphatic carbocycles. The van der Waals surface area contributed by atoms with Crippen molar-refractivity contribution < 1.29 is 33.3 Å². The molecule has 0 radical (unpaired) electrons. The summed E-state index contributed by atoms with van der Waals surface area (Å²) >= 11 is 2.39. The SMILES string of the molecule is COc1cc(C2/C(=C(/O)c3ccc(F)cc3)C(=O)C(=O)N2c2nnc(SCc3ccc(F)cc3)s2)ccc1O. The number of aliphatic hydroxyl groups excluding tert-OH is 1. The number of hydrogen-bond acceptors (Lipinski definition) is 9. The number of phenols is 1. The lowest BCUT2D eigenvalue weighted by Crippen LogP contribution is -2.29. The Morgan fingerprint density at radius 3 is 2.36 bits per heavy atom. The number of thioether (sulfide) groups is 1. The van der Waals surface area contributed by atoms with Gasteiger partial charge in [-0.1, -0.05) is 41.3 Å². The number of aliphatic hydroxyl groups is 1. The highest BCUT2D eigenvalue weighted by atomic mass is 32.2. The van der Waals surface area contributed by atoms with Crippen molar-refractivity contribution in [3.63, 3.8) is 0 Å². The van der Waals surface area contributed by atoms with E-state index in [4.69, 9.17) is 4.74 Å². The molecule has 0 bridgehead atoms. The molecule has 2 heterocycles. The number of benzene rings is 3. The number of nitrogens with zero attached hydrogens (tertiary/aromatic N) is 3. The molecule has 8 nitrogen and oxygen atoms in total. The fraction of sp³-hybridized carbons (Fsp3) is 0.111. The van der Waals surface area contributed by atoms with Gasteiger partial charge in [0.05, 0.1) is 18.7 Å². The fourth-order valence-electron chi connectivity index (χ4n) is 4.06. The molecule has 1 aromatic heterocycles. The first-order chi connectivity index (χ1) is 18.8. The molecule has 0 spiro atoms. The predicted octanol–water partition coefficient (Wildman–Crippen LogP) is 5.45. The monoisotopic (exact) mass is 567 g/mol. The molecule has 198 valence electrons. The molecule has 1 aliphatic heterocycles. The van der Waals surface area contributed by atoms with Crippen LogP contribution in [0.1, 0.15) is 22.7 Å². The summed E-state index contributed by atoms with van der Waals surface area (Å²) in [5.41, 5.74) is 1.10. The molecule has 0 saturated carbocycles. The van der Waals surface area contributed by atoms with Crippen molar-refractivity contribution >= 4 is 45.7 Å². The lowest BCUT2D eigenvalue weighted by atomic mass is 9.95. The minimum absolute atomic E-state index is 0.0904. The van der Waals surface area contributed by atoms with E-state index in [9.17, 15) is 28.6 Å². The second-order valence-electron chi connectivity index (χ2n) is 8.37. The Bertz CT molecular complexity index is 1590. The summed E-state index contributed by atoms with van der Waals surface area (Å²) < 4.78 is 32.4. The molecule has 3 aromatic carbocycles. The normalized spacial score (nSPS) is 16.6. The standard InChI is InChI=1S/C27H19F2N3O5S2/c1-37-20-12-16(6-11-19(20)33)22-21(23(34)15-4-9-18(29)10-5-15)24(35)25(36)32(22)26-30-31-27(39-26)38-13-14-2-7-17(28)8-3-14/h2-12,22,33-34H,13H2,1H3/b23-21-. The van der Waals surface area contributed by atoms with Gasteiger partial charge in [-0.25, -0.2) is 8.78 Å². The van der Waals surface area contributed by atoms with E-state index in [0.29, 0.717) is 15.7 Å². The number of anilines is 1. The van der Waals surface area contributed by atoms with E-state index in [1.165, 1.54) is 61.3 Å². The van der Waals surface area contributed by atoms with Gasteiger partial charge in [-0.05, 0) is 59.7 Å². The molecule has 1 atom stereocenters. The summed E-state index contributed by atoms with van der Waals surface area (Å²) in [6.45, 7) is 0. The first-order valence-electron chi connectivity index (χ1n) is 11.4. The molecule has 1 fully saturated rings. The van der Waals surface area contributed by atoms with Crippen LogP contribution < -0.4 is 9.64 Å². The number of rotatable bonds is 7. The Balaban J connectivity index is 1.56. The molecular weight excluding hydrogens is 548 g/mol. The predicted molar refractivity (Wildman–Crippen MR) is 142 cm³/mol. The van der Waals surface area contributed by atoms with Gasteiger partial charge in [-0.2, -0.15) is 0 Å². The van der Waals surface area contributed by atoms with E-state index < -0.39 is 29.3 Å². The number of aromatic hydroxyl groups is 1. The van der Waals surface area contributed by atoms with Gasteiger partial charge < -0.3 is 14.9 Å². The van der Waals surface area contributed by atoms with Gasteiger partial charge in [-0.15, -0.1) is 10.2 Å². The number of Topliss-reactive ketones (excluding diaryl/α,β-unsaturated/α-hetero) is 1. The van der Waals surface area contributed by atoms with E-state index in [0.717, 1.165) is 33.9 Å².